The number of hydrogen-bond acceptors (Lipinski definition) is 2. The predicted molar refractivity (Wildman–Crippen MR) is 54.1 cm³/mol. The van der Waals surface area contributed by atoms with Crippen LogP contribution >= 0.6 is 0 Å². The first-order valence-corrected chi connectivity index (χ1v) is 4.66. The van der Waals surface area contributed by atoms with Crippen LogP contribution in [0, 0.1) is 6.92 Å². The highest BCUT2D eigenvalue weighted by molar-refractivity contribution is 5.54. The smallest absolute Gasteiger partial charge is 0.124 e. The van der Waals surface area contributed by atoms with E-state index in [0.717, 1.165) is 17.4 Å². The maximum absolute atomic E-state index is 5.79. The van der Waals surface area contributed by atoms with Gasteiger partial charge in [0.1, 0.15) is 5.75 Å². The summed E-state index contributed by atoms with van der Waals surface area (Å²) in [6, 6.07) is 3.97. The summed E-state index contributed by atoms with van der Waals surface area (Å²) in [5, 5.41) is 0. The molecule has 1 aromatic rings. The Kier molecular flexibility index (Phi) is 1.91. The molecular weight excluding hydrogens is 162 g/mol. The van der Waals surface area contributed by atoms with Crippen molar-refractivity contribution in [2.45, 2.75) is 25.7 Å². The van der Waals surface area contributed by atoms with Crippen LogP contribution in [0.3, 0.4) is 0 Å². The molecule has 0 atom stereocenters. The van der Waals surface area contributed by atoms with Gasteiger partial charge in [-0.3, -0.25) is 0 Å². The van der Waals surface area contributed by atoms with Gasteiger partial charge in [-0.25, -0.2) is 0 Å². The van der Waals surface area contributed by atoms with E-state index in [2.05, 4.69) is 13.0 Å². The fraction of sp³-hybridized carbons (Fsp3) is 0.455. The highest BCUT2D eigenvalue weighted by atomic mass is 16.5. The molecule has 2 rings (SSSR count). The molecule has 1 fully saturated rings. The van der Waals surface area contributed by atoms with Gasteiger partial charge in [-0.15, -0.1) is 0 Å². The van der Waals surface area contributed by atoms with E-state index in [1.807, 2.05) is 6.07 Å². The Bertz CT molecular complexity index is 329. The molecule has 0 aliphatic heterocycles. The van der Waals surface area contributed by atoms with Crippen LogP contribution in [0.25, 0.3) is 0 Å². The van der Waals surface area contributed by atoms with Gasteiger partial charge in [0, 0.05) is 11.8 Å². The molecule has 1 aliphatic carbocycles. The minimum absolute atomic E-state index is 0.734. The molecule has 13 heavy (non-hydrogen) atoms. The van der Waals surface area contributed by atoms with Gasteiger partial charge in [0.15, 0.2) is 0 Å². The van der Waals surface area contributed by atoms with Crippen molar-refractivity contribution in [1.29, 1.82) is 0 Å². The number of rotatable bonds is 2. The van der Waals surface area contributed by atoms with E-state index < -0.39 is 0 Å². The number of nitrogens with two attached hydrogens (primary N) is 1. The second-order valence-corrected chi connectivity index (χ2v) is 3.71. The van der Waals surface area contributed by atoms with Crippen molar-refractivity contribution >= 4 is 5.69 Å². The monoisotopic (exact) mass is 177 g/mol. The molecule has 1 aromatic carbocycles. The zero-order valence-corrected chi connectivity index (χ0v) is 8.13. The Morgan fingerprint density at radius 3 is 2.62 bits per heavy atom. The Balaban J connectivity index is 2.47. The molecule has 0 heterocycles. The molecule has 0 bridgehead atoms. The minimum Gasteiger partial charge on any atom is -0.496 e. The topological polar surface area (TPSA) is 35.2 Å². The third kappa shape index (κ3) is 1.48. The molecular formula is C11H15NO. The highest BCUT2D eigenvalue weighted by Gasteiger charge is 2.26. The van der Waals surface area contributed by atoms with E-state index in [0.29, 0.717) is 0 Å². The number of methoxy groups -OCH3 is 1. The first-order valence-electron chi connectivity index (χ1n) is 4.66. The number of ether oxygens (including phenoxy) is 1. The van der Waals surface area contributed by atoms with Gasteiger partial charge < -0.3 is 10.5 Å². The standard InChI is InChI=1S/C11H15NO/c1-7-10(8-3-4-8)5-9(12)6-11(7)13-2/h5-6,8H,3-4,12H2,1-2H3. The van der Waals surface area contributed by atoms with E-state index in [1.54, 1.807) is 7.11 Å². The lowest BCUT2D eigenvalue weighted by atomic mass is 10.0. The lowest BCUT2D eigenvalue weighted by Gasteiger charge is -2.10. The summed E-state index contributed by atoms with van der Waals surface area (Å²) in [6.45, 7) is 2.10. The first kappa shape index (κ1) is 8.42. The van der Waals surface area contributed by atoms with Crippen LogP contribution in [0.5, 0.6) is 5.75 Å². The van der Waals surface area contributed by atoms with Crippen LogP contribution in [-0.4, -0.2) is 7.11 Å². The summed E-state index contributed by atoms with van der Waals surface area (Å²) in [7, 11) is 1.69. The van der Waals surface area contributed by atoms with Crippen LogP contribution < -0.4 is 10.5 Å². The SMILES string of the molecule is COc1cc(N)cc(C2CC2)c1C. The third-order valence-electron chi connectivity index (χ3n) is 2.66. The fourth-order valence-corrected chi connectivity index (χ4v) is 1.76. The zero-order chi connectivity index (χ0) is 9.42. The van der Waals surface area contributed by atoms with Crippen molar-refractivity contribution < 1.29 is 4.74 Å². The first-order chi connectivity index (χ1) is 6.22. The lowest BCUT2D eigenvalue weighted by molar-refractivity contribution is 0.411. The maximum Gasteiger partial charge on any atom is 0.124 e. The maximum atomic E-state index is 5.79. The van der Waals surface area contributed by atoms with Crippen LogP contribution in [0.4, 0.5) is 5.69 Å². The van der Waals surface area contributed by atoms with Crippen molar-refractivity contribution in [2.75, 3.05) is 12.8 Å². The van der Waals surface area contributed by atoms with Gasteiger partial charge in [-0.2, -0.15) is 0 Å². The summed E-state index contributed by atoms with van der Waals surface area (Å²) in [5.41, 5.74) is 9.22. The van der Waals surface area contributed by atoms with Gasteiger partial charge >= 0.3 is 0 Å². The van der Waals surface area contributed by atoms with Crippen LogP contribution in [0.15, 0.2) is 12.1 Å². The average molecular weight is 177 g/mol. The summed E-state index contributed by atoms with van der Waals surface area (Å²) >= 11 is 0. The second kappa shape index (κ2) is 2.95. The van der Waals surface area contributed by atoms with E-state index in [9.17, 15) is 0 Å². The number of hydrogen-bond donors (Lipinski definition) is 1. The predicted octanol–water partition coefficient (Wildman–Crippen LogP) is 2.46. The van der Waals surface area contributed by atoms with Gasteiger partial charge in [-0.05, 0) is 42.9 Å². The fourth-order valence-electron chi connectivity index (χ4n) is 1.76. The molecule has 0 unspecified atom stereocenters. The van der Waals surface area contributed by atoms with Gasteiger partial charge in [-0.1, -0.05) is 0 Å². The van der Waals surface area contributed by atoms with Crippen LogP contribution in [0.1, 0.15) is 29.9 Å². The zero-order valence-electron chi connectivity index (χ0n) is 8.13. The molecule has 0 spiro atoms. The molecule has 2 N–H and O–H groups in total. The van der Waals surface area contributed by atoms with E-state index in [-0.39, 0.29) is 0 Å². The molecule has 0 radical (unpaired) electrons. The summed E-state index contributed by atoms with van der Waals surface area (Å²) < 4.78 is 5.26. The molecule has 0 saturated heterocycles. The molecule has 0 amide bonds. The Morgan fingerprint density at radius 2 is 2.08 bits per heavy atom. The normalized spacial score (nSPS) is 15.8. The Morgan fingerprint density at radius 1 is 1.38 bits per heavy atom. The van der Waals surface area contributed by atoms with Crippen molar-refractivity contribution in [1.82, 2.24) is 0 Å². The average Bonchev–Trinajstić information content (AvgIpc) is 2.91. The van der Waals surface area contributed by atoms with E-state index >= 15 is 0 Å². The minimum atomic E-state index is 0.734. The Hall–Kier alpha value is -1.18. The quantitative estimate of drug-likeness (QED) is 0.704. The second-order valence-electron chi connectivity index (χ2n) is 3.71. The number of anilines is 1. The molecule has 2 nitrogen and oxygen atoms in total. The molecule has 1 saturated carbocycles. The van der Waals surface area contributed by atoms with E-state index in [4.69, 9.17) is 10.5 Å². The van der Waals surface area contributed by atoms with Gasteiger partial charge in [0.25, 0.3) is 0 Å². The highest BCUT2D eigenvalue weighted by Crippen LogP contribution is 2.44. The summed E-state index contributed by atoms with van der Waals surface area (Å²) in [4.78, 5) is 0. The van der Waals surface area contributed by atoms with Crippen LogP contribution in [0.2, 0.25) is 0 Å². The molecule has 2 heteroatoms. The van der Waals surface area contributed by atoms with Crippen molar-refractivity contribution in [3.63, 3.8) is 0 Å². The van der Waals surface area contributed by atoms with Crippen molar-refractivity contribution in [3.8, 4) is 5.75 Å². The van der Waals surface area contributed by atoms with Gasteiger partial charge in [0.05, 0.1) is 7.11 Å². The summed E-state index contributed by atoms with van der Waals surface area (Å²) in [5.74, 6) is 1.65. The van der Waals surface area contributed by atoms with Crippen LogP contribution in [-0.2, 0) is 0 Å². The third-order valence-corrected chi connectivity index (χ3v) is 2.66. The molecule has 70 valence electrons. The molecule has 0 aromatic heterocycles. The van der Waals surface area contributed by atoms with Gasteiger partial charge in [0.2, 0.25) is 0 Å². The van der Waals surface area contributed by atoms with E-state index in [1.165, 1.54) is 24.0 Å². The Labute approximate surface area is 78.7 Å². The van der Waals surface area contributed by atoms with Crippen molar-refractivity contribution in [2.24, 2.45) is 0 Å². The lowest BCUT2D eigenvalue weighted by Crippen LogP contribution is -1.95. The number of nitrogen functional groups attached to an aromatic ring is 1. The van der Waals surface area contributed by atoms with Crippen molar-refractivity contribution in [3.05, 3.63) is 23.3 Å². The number of benzene rings is 1. The molecule has 1 aliphatic rings. The summed E-state index contributed by atoms with van der Waals surface area (Å²) in [6.07, 6.45) is 2.60. The largest absolute Gasteiger partial charge is 0.496 e.